The van der Waals surface area contributed by atoms with Crippen LogP contribution in [0.3, 0.4) is 0 Å². The first kappa shape index (κ1) is 35.2. The van der Waals surface area contributed by atoms with Crippen LogP contribution in [0.2, 0.25) is 0 Å². The van der Waals surface area contributed by atoms with Gasteiger partial charge in [0.2, 0.25) is 0 Å². The number of hydrogen-bond acceptors (Lipinski definition) is 3. The molecule has 2 heterocycles. The highest BCUT2D eigenvalue weighted by Crippen LogP contribution is 2.44. The largest absolute Gasteiger partial charge is 0.228 e. The standard InChI is InChI=1S/C58H36N2S/c1-2-13-37(14-3-1)38-25-31-42(32-26-38)58-59-52(36-53(60-58)47-20-9-8-19-46(47)48-22-12-24-55-57(48)50-21-10-11-23-54(50)61-55)40-27-29-41(30-28-40)56-45-18-7-5-16-43(45)35-51-44-17-6-4-15-39(44)33-34-49(51)56/h1-36H. The molecule has 0 saturated carbocycles. The molecule has 10 aromatic carbocycles. The molecule has 0 amide bonds. The topological polar surface area (TPSA) is 25.8 Å². The summed E-state index contributed by atoms with van der Waals surface area (Å²) in [5, 5.41) is 10.1. The van der Waals surface area contributed by atoms with Gasteiger partial charge in [0.1, 0.15) is 0 Å². The van der Waals surface area contributed by atoms with Crippen LogP contribution in [0.25, 0.3) is 120 Å². The molecule has 3 heteroatoms. The summed E-state index contributed by atoms with van der Waals surface area (Å²) in [6.45, 7) is 0. The minimum absolute atomic E-state index is 0.692. The fraction of sp³-hybridized carbons (Fsp3) is 0. The number of nitrogens with zero attached hydrogens (tertiary/aromatic N) is 2. The van der Waals surface area contributed by atoms with Crippen LogP contribution in [0, 0.1) is 0 Å². The first-order valence-corrected chi connectivity index (χ1v) is 21.5. The van der Waals surface area contributed by atoms with Crippen molar-refractivity contribution in [1.29, 1.82) is 0 Å². The van der Waals surface area contributed by atoms with Crippen LogP contribution in [0.5, 0.6) is 0 Å². The Morgan fingerprint density at radius 1 is 0.295 bits per heavy atom. The number of hydrogen-bond donors (Lipinski definition) is 0. The van der Waals surface area contributed by atoms with E-state index in [-0.39, 0.29) is 0 Å². The molecule has 12 rings (SSSR count). The maximum atomic E-state index is 5.37. The van der Waals surface area contributed by atoms with Crippen LogP contribution in [0.1, 0.15) is 0 Å². The smallest absolute Gasteiger partial charge is 0.160 e. The van der Waals surface area contributed by atoms with Crippen molar-refractivity contribution in [3.8, 4) is 67.3 Å². The summed E-state index contributed by atoms with van der Waals surface area (Å²) in [5.41, 5.74) is 12.0. The van der Waals surface area contributed by atoms with Crippen LogP contribution in [-0.2, 0) is 0 Å². The summed E-state index contributed by atoms with van der Waals surface area (Å²) in [4.78, 5) is 10.7. The summed E-state index contributed by atoms with van der Waals surface area (Å²) in [6, 6.07) is 78.7. The Morgan fingerprint density at radius 3 is 1.72 bits per heavy atom. The van der Waals surface area contributed by atoms with Gasteiger partial charge in [-0.1, -0.05) is 194 Å². The molecule has 61 heavy (non-hydrogen) atoms. The van der Waals surface area contributed by atoms with E-state index < -0.39 is 0 Å². The Hall–Kier alpha value is -7.72. The van der Waals surface area contributed by atoms with Crippen LogP contribution in [0.15, 0.2) is 218 Å². The molecule has 0 atom stereocenters. The van der Waals surface area contributed by atoms with E-state index in [4.69, 9.17) is 9.97 Å². The fourth-order valence-electron chi connectivity index (χ4n) is 9.18. The van der Waals surface area contributed by atoms with Gasteiger partial charge in [0.25, 0.3) is 0 Å². The molecule has 2 aromatic heterocycles. The zero-order valence-electron chi connectivity index (χ0n) is 33.1. The first-order valence-electron chi connectivity index (χ1n) is 20.7. The van der Waals surface area contributed by atoms with Crippen LogP contribution in [0.4, 0.5) is 0 Å². The highest BCUT2D eigenvalue weighted by molar-refractivity contribution is 7.25. The normalized spacial score (nSPS) is 11.6. The van der Waals surface area contributed by atoms with Crippen molar-refractivity contribution in [2.75, 3.05) is 0 Å². The van der Waals surface area contributed by atoms with Crippen molar-refractivity contribution in [2.45, 2.75) is 0 Å². The molecule has 2 nitrogen and oxygen atoms in total. The summed E-state index contributed by atoms with van der Waals surface area (Å²) in [7, 11) is 0. The minimum atomic E-state index is 0.692. The van der Waals surface area contributed by atoms with Crippen molar-refractivity contribution >= 4 is 63.8 Å². The summed E-state index contributed by atoms with van der Waals surface area (Å²) < 4.78 is 2.57. The van der Waals surface area contributed by atoms with Gasteiger partial charge in [-0.2, -0.15) is 0 Å². The van der Waals surface area contributed by atoms with Crippen LogP contribution < -0.4 is 0 Å². The second kappa shape index (κ2) is 14.5. The number of thiophene rings is 1. The second-order valence-electron chi connectivity index (χ2n) is 15.7. The molecule has 0 N–H and O–H groups in total. The van der Waals surface area contributed by atoms with E-state index in [0.29, 0.717) is 5.82 Å². The van der Waals surface area contributed by atoms with Crippen molar-refractivity contribution in [3.05, 3.63) is 218 Å². The van der Waals surface area contributed by atoms with E-state index in [1.165, 1.54) is 74.7 Å². The highest BCUT2D eigenvalue weighted by Gasteiger charge is 2.18. The molecular weight excluding hydrogens is 757 g/mol. The van der Waals surface area contributed by atoms with Gasteiger partial charge in [-0.3, -0.25) is 0 Å². The zero-order valence-corrected chi connectivity index (χ0v) is 33.9. The maximum Gasteiger partial charge on any atom is 0.160 e. The maximum absolute atomic E-state index is 5.37. The predicted molar refractivity (Wildman–Crippen MR) is 260 cm³/mol. The Morgan fingerprint density at radius 2 is 0.885 bits per heavy atom. The first-order chi connectivity index (χ1) is 30.2. The number of fused-ring (bicyclic) bond motifs is 7. The molecule has 0 aliphatic rings. The highest BCUT2D eigenvalue weighted by atomic mass is 32.1. The average Bonchev–Trinajstić information content (AvgIpc) is 3.73. The molecule has 0 bridgehead atoms. The fourth-order valence-corrected chi connectivity index (χ4v) is 10.3. The van der Waals surface area contributed by atoms with Gasteiger partial charge in [-0.25, -0.2) is 9.97 Å². The Bertz CT molecular complexity index is 3620. The molecule has 0 spiro atoms. The van der Waals surface area contributed by atoms with Gasteiger partial charge in [0.15, 0.2) is 5.82 Å². The third kappa shape index (κ3) is 6.09. The lowest BCUT2D eigenvalue weighted by molar-refractivity contribution is 1.18. The van der Waals surface area contributed by atoms with Crippen LogP contribution >= 0.6 is 11.3 Å². The van der Waals surface area contributed by atoms with Crippen LogP contribution in [-0.4, -0.2) is 9.97 Å². The molecule has 0 unspecified atom stereocenters. The number of rotatable bonds is 6. The monoisotopic (exact) mass is 792 g/mol. The van der Waals surface area contributed by atoms with E-state index in [1.54, 1.807) is 0 Å². The molecule has 12 aromatic rings. The van der Waals surface area contributed by atoms with Crippen molar-refractivity contribution in [1.82, 2.24) is 9.97 Å². The second-order valence-corrected chi connectivity index (χ2v) is 16.7. The van der Waals surface area contributed by atoms with Crippen molar-refractivity contribution in [2.24, 2.45) is 0 Å². The lowest BCUT2D eigenvalue weighted by atomic mass is 9.89. The van der Waals surface area contributed by atoms with Crippen molar-refractivity contribution in [3.63, 3.8) is 0 Å². The average molecular weight is 793 g/mol. The Labute approximate surface area is 357 Å². The van der Waals surface area contributed by atoms with Gasteiger partial charge in [-0.05, 0) is 90.0 Å². The Kier molecular flexibility index (Phi) is 8.39. The lowest BCUT2D eigenvalue weighted by Gasteiger charge is -2.15. The molecule has 284 valence electrons. The van der Waals surface area contributed by atoms with E-state index in [1.807, 2.05) is 11.3 Å². The van der Waals surface area contributed by atoms with Gasteiger partial charge < -0.3 is 0 Å². The summed E-state index contributed by atoms with van der Waals surface area (Å²) in [5.74, 6) is 0.692. The quantitative estimate of drug-likeness (QED) is 0.124. The molecule has 0 saturated heterocycles. The number of benzene rings is 10. The van der Waals surface area contributed by atoms with Crippen molar-refractivity contribution < 1.29 is 0 Å². The van der Waals surface area contributed by atoms with Gasteiger partial charge in [-0.15, -0.1) is 11.3 Å². The van der Waals surface area contributed by atoms with E-state index in [0.717, 1.165) is 39.2 Å². The van der Waals surface area contributed by atoms with E-state index >= 15 is 0 Å². The van der Waals surface area contributed by atoms with Gasteiger partial charge in [0.05, 0.1) is 11.4 Å². The minimum Gasteiger partial charge on any atom is -0.228 e. The summed E-state index contributed by atoms with van der Waals surface area (Å²) >= 11 is 1.85. The van der Waals surface area contributed by atoms with E-state index in [9.17, 15) is 0 Å². The Balaban J connectivity index is 1.03. The molecule has 0 radical (unpaired) electrons. The van der Waals surface area contributed by atoms with Gasteiger partial charge in [0, 0.05) is 36.9 Å². The predicted octanol–water partition coefficient (Wildman–Crippen LogP) is 16.3. The molecule has 0 fully saturated rings. The molecular formula is C58H36N2S. The lowest BCUT2D eigenvalue weighted by Crippen LogP contribution is -1.97. The van der Waals surface area contributed by atoms with Gasteiger partial charge >= 0.3 is 0 Å². The molecule has 0 aliphatic carbocycles. The molecule has 0 aliphatic heterocycles. The SMILES string of the molecule is c1ccc(-c2ccc(-c3nc(-c4ccc(-c5c6ccccc6cc6c5ccc5ccccc56)cc4)cc(-c4ccccc4-c4cccc5sc6ccccc6c45)n3)cc2)cc1. The summed E-state index contributed by atoms with van der Waals surface area (Å²) in [6.07, 6.45) is 0. The zero-order chi connectivity index (χ0) is 40.3. The third-order valence-electron chi connectivity index (χ3n) is 12.1. The van der Waals surface area contributed by atoms with E-state index in [2.05, 4.69) is 218 Å². The number of aromatic nitrogens is 2. The third-order valence-corrected chi connectivity index (χ3v) is 13.2.